The number of ether oxygens (including phenoxy) is 1. The van der Waals surface area contributed by atoms with Crippen LogP contribution in [0.1, 0.15) is 31.2 Å². The molecule has 2 unspecified atom stereocenters. The largest absolute Gasteiger partial charge is 0.372 e. The zero-order valence-corrected chi connectivity index (χ0v) is 10.6. The van der Waals surface area contributed by atoms with Crippen molar-refractivity contribution in [2.45, 2.75) is 44.4 Å². The Bertz CT molecular complexity index is 377. The summed E-state index contributed by atoms with van der Waals surface area (Å²) in [5, 5.41) is 3.21. The smallest absolute Gasteiger partial charge is 0.131 e. The Hall–Kier alpha value is -1.00. The van der Waals surface area contributed by atoms with E-state index in [1.54, 1.807) is 0 Å². The molecule has 18 heavy (non-hydrogen) atoms. The van der Waals surface area contributed by atoms with Gasteiger partial charge in [0.1, 0.15) is 11.6 Å². The minimum Gasteiger partial charge on any atom is -0.372 e. The van der Waals surface area contributed by atoms with E-state index < -0.39 is 11.6 Å². The molecule has 1 fully saturated rings. The lowest BCUT2D eigenvalue weighted by atomic mass is 9.92. The van der Waals surface area contributed by atoms with Gasteiger partial charge in [-0.05, 0) is 32.0 Å². The molecule has 1 aromatic carbocycles. The van der Waals surface area contributed by atoms with Gasteiger partial charge in [-0.15, -0.1) is 0 Å². The van der Waals surface area contributed by atoms with Gasteiger partial charge in [0, 0.05) is 11.6 Å². The van der Waals surface area contributed by atoms with Gasteiger partial charge >= 0.3 is 0 Å². The monoisotopic (exact) mass is 255 g/mol. The summed E-state index contributed by atoms with van der Waals surface area (Å²) in [5.41, 5.74) is 0.0259. The number of benzene rings is 1. The minimum atomic E-state index is -0.535. The van der Waals surface area contributed by atoms with E-state index in [0.717, 1.165) is 19.3 Å². The maximum absolute atomic E-state index is 13.4. The van der Waals surface area contributed by atoms with Crippen LogP contribution < -0.4 is 5.32 Å². The number of halogens is 2. The third kappa shape index (κ3) is 3.06. The van der Waals surface area contributed by atoms with E-state index in [-0.39, 0.29) is 24.3 Å². The Morgan fingerprint density at radius 1 is 1.22 bits per heavy atom. The van der Waals surface area contributed by atoms with Crippen LogP contribution in [0.25, 0.3) is 0 Å². The molecule has 100 valence electrons. The van der Waals surface area contributed by atoms with Gasteiger partial charge in [-0.3, -0.25) is 0 Å². The molecule has 0 aromatic heterocycles. The van der Waals surface area contributed by atoms with Gasteiger partial charge in [-0.2, -0.15) is 0 Å². The predicted octanol–water partition coefficient (Wildman–Crippen LogP) is 3.01. The van der Waals surface area contributed by atoms with Crippen LogP contribution in [-0.4, -0.2) is 19.2 Å². The Morgan fingerprint density at radius 2 is 1.89 bits per heavy atom. The molecule has 0 spiro atoms. The second-order valence-electron chi connectivity index (χ2n) is 4.73. The van der Waals surface area contributed by atoms with Crippen molar-refractivity contribution in [2.24, 2.45) is 0 Å². The topological polar surface area (TPSA) is 21.3 Å². The number of likely N-dealkylation sites (N-methyl/N-ethyl adjacent to an activating group) is 1. The summed E-state index contributed by atoms with van der Waals surface area (Å²) in [4.78, 5) is 0. The summed E-state index contributed by atoms with van der Waals surface area (Å²) < 4.78 is 32.6. The first-order chi connectivity index (χ1) is 8.72. The lowest BCUT2D eigenvalue weighted by Crippen LogP contribution is -2.41. The fourth-order valence-corrected chi connectivity index (χ4v) is 2.49. The molecule has 1 aliphatic rings. The average molecular weight is 255 g/mol. The van der Waals surface area contributed by atoms with Gasteiger partial charge in [-0.1, -0.05) is 18.9 Å². The first-order valence-corrected chi connectivity index (χ1v) is 6.44. The summed E-state index contributed by atoms with van der Waals surface area (Å²) in [5.74, 6) is -1.07. The van der Waals surface area contributed by atoms with Gasteiger partial charge in [0.2, 0.25) is 0 Å². The number of rotatable bonds is 4. The lowest BCUT2D eigenvalue weighted by molar-refractivity contribution is -0.00586. The highest BCUT2D eigenvalue weighted by Gasteiger charge is 2.24. The predicted molar refractivity (Wildman–Crippen MR) is 66.3 cm³/mol. The number of nitrogens with one attached hydrogen (secondary N) is 1. The van der Waals surface area contributed by atoms with Crippen LogP contribution in [-0.2, 0) is 11.3 Å². The molecule has 1 N–H and O–H groups in total. The molecule has 0 radical (unpaired) electrons. The maximum Gasteiger partial charge on any atom is 0.131 e. The lowest BCUT2D eigenvalue weighted by Gasteiger charge is -2.31. The Balaban J connectivity index is 1.98. The molecule has 4 heteroatoms. The molecule has 2 atom stereocenters. The van der Waals surface area contributed by atoms with Gasteiger partial charge in [0.05, 0.1) is 12.7 Å². The van der Waals surface area contributed by atoms with Crippen LogP contribution in [0.4, 0.5) is 8.78 Å². The summed E-state index contributed by atoms with van der Waals surface area (Å²) in [6, 6.07) is 4.18. The zero-order chi connectivity index (χ0) is 13.0. The van der Waals surface area contributed by atoms with E-state index in [1.165, 1.54) is 24.6 Å². The molecule has 1 aliphatic carbocycles. The van der Waals surface area contributed by atoms with Crippen molar-refractivity contribution in [3.05, 3.63) is 35.4 Å². The van der Waals surface area contributed by atoms with Crippen LogP contribution in [0.15, 0.2) is 18.2 Å². The quantitative estimate of drug-likeness (QED) is 0.893. The average Bonchev–Trinajstić information content (AvgIpc) is 2.38. The molecule has 0 amide bonds. The van der Waals surface area contributed by atoms with E-state index in [9.17, 15) is 8.78 Å². The molecule has 1 saturated carbocycles. The number of hydrogen-bond acceptors (Lipinski definition) is 2. The second kappa shape index (κ2) is 6.25. The van der Waals surface area contributed by atoms with Crippen LogP contribution >= 0.6 is 0 Å². The fraction of sp³-hybridized carbons (Fsp3) is 0.571. The summed E-state index contributed by atoms with van der Waals surface area (Å²) >= 11 is 0. The molecule has 2 nitrogen and oxygen atoms in total. The zero-order valence-electron chi connectivity index (χ0n) is 10.6. The Kier molecular flexibility index (Phi) is 4.66. The van der Waals surface area contributed by atoms with E-state index in [2.05, 4.69) is 5.32 Å². The van der Waals surface area contributed by atoms with Crippen LogP contribution in [0, 0.1) is 11.6 Å². The number of hydrogen-bond donors (Lipinski definition) is 1. The van der Waals surface area contributed by atoms with Crippen molar-refractivity contribution in [2.75, 3.05) is 7.05 Å². The van der Waals surface area contributed by atoms with E-state index in [0.29, 0.717) is 0 Å². The van der Waals surface area contributed by atoms with Gasteiger partial charge < -0.3 is 10.1 Å². The van der Waals surface area contributed by atoms with Crippen molar-refractivity contribution in [3.8, 4) is 0 Å². The van der Waals surface area contributed by atoms with E-state index in [4.69, 9.17) is 4.74 Å². The Labute approximate surface area is 106 Å². The van der Waals surface area contributed by atoms with E-state index >= 15 is 0 Å². The third-order valence-corrected chi connectivity index (χ3v) is 3.58. The molecule has 0 aliphatic heterocycles. The second-order valence-corrected chi connectivity index (χ2v) is 4.73. The Morgan fingerprint density at radius 3 is 2.56 bits per heavy atom. The molecular formula is C14H19F2NO. The fourth-order valence-electron chi connectivity index (χ4n) is 2.49. The van der Waals surface area contributed by atoms with Crippen molar-refractivity contribution in [1.82, 2.24) is 5.32 Å². The van der Waals surface area contributed by atoms with Crippen LogP contribution in [0.2, 0.25) is 0 Å². The summed E-state index contributed by atoms with van der Waals surface area (Å²) in [6.07, 6.45) is 4.34. The normalized spacial score (nSPS) is 24.2. The highest BCUT2D eigenvalue weighted by Crippen LogP contribution is 2.23. The standard InChI is InChI=1S/C14H19F2NO/c1-17-13-7-2-3-8-14(13)18-9-10-11(15)5-4-6-12(10)16/h4-6,13-14,17H,2-3,7-9H2,1H3. The van der Waals surface area contributed by atoms with Crippen molar-refractivity contribution >= 4 is 0 Å². The molecule has 0 saturated heterocycles. The van der Waals surface area contributed by atoms with Gasteiger partial charge in [-0.25, -0.2) is 8.78 Å². The van der Waals surface area contributed by atoms with Crippen molar-refractivity contribution in [3.63, 3.8) is 0 Å². The molecular weight excluding hydrogens is 236 g/mol. The highest BCUT2D eigenvalue weighted by molar-refractivity contribution is 5.18. The van der Waals surface area contributed by atoms with Crippen LogP contribution in [0.5, 0.6) is 0 Å². The molecule has 0 bridgehead atoms. The van der Waals surface area contributed by atoms with E-state index in [1.807, 2.05) is 7.05 Å². The first kappa shape index (κ1) is 13.4. The van der Waals surface area contributed by atoms with Crippen molar-refractivity contribution in [1.29, 1.82) is 0 Å². The van der Waals surface area contributed by atoms with Crippen molar-refractivity contribution < 1.29 is 13.5 Å². The SMILES string of the molecule is CNC1CCCCC1OCc1c(F)cccc1F. The molecule has 1 aromatic rings. The van der Waals surface area contributed by atoms with Crippen LogP contribution in [0.3, 0.4) is 0 Å². The molecule has 2 rings (SSSR count). The summed E-state index contributed by atoms with van der Waals surface area (Å²) in [6.45, 7) is 0.00134. The molecule has 0 heterocycles. The minimum absolute atomic E-state index is 0.00134. The highest BCUT2D eigenvalue weighted by atomic mass is 19.1. The summed E-state index contributed by atoms with van der Waals surface area (Å²) in [7, 11) is 1.90. The maximum atomic E-state index is 13.4. The van der Waals surface area contributed by atoms with Gasteiger partial charge in [0.15, 0.2) is 0 Å². The van der Waals surface area contributed by atoms with Gasteiger partial charge in [0.25, 0.3) is 0 Å². The third-order valence-electron chi connectivity index (χ3n) is 3.58. The first-order valence-electron chi connectivity index (χ1n) is 6.44.